The molecule has 1 N–H and O–H groups in total. The lowest BCUT2D eigenvalue weighted by Crippen LogP contribution is -2.47. The number of rotatable bonds is 8. The number of piperazine rings is 1. The Kier molecular flexibility index (Phi) is 6.53. The second-order valence-electron chi connectivity index (χ2n) is 6.35. The van der Waals surface area contributed by atoms with Gasteiger partial charge in [0.25, 0.3) is 0 Å². The van der Waals surface area contributed by atoms with Crippen LogP contribution >= 0.6 is 0 Å². The van der Waals surface area contributed by atoms with Gasteiger partial charge < -0.3 is 19.9 Å². The quantitative estimate of drug-likeness (QED) is 0.417. The van der Waals surface area contributed by atoms with Crippen molar-refractivity contribution in [3.63, 3.8) is 0 Å². The first-order valence-corrected chi connectivity index (χ1v) is 9.08. The summed E-state index contributed by atoms with van der Waals surface area (Å²) >= 11 is 0. The maximum Gasteiger partial charge on any atom is 0.353 e. The first-order valence-electron chi connectivity index (χ1n) is 9.08. The second-order valence-corrected chi connectivity index (χ2v) is 6.35. The summed E-state index contributed by atoms with van der Waals surface area (Å²) < 4.78 is 19.0. The van der Waals surface area contributed by atoms with E-state index in [2.05, 4.69) is 15.3 Å². The van der Waals surface area contributed by atoms with E-state index in [1.165, 1.54) is 12.4 Å². The highest BCUT2D eigenvalue weighted by Gasteiger charge is 2.29. The first-order chi connectivity index (χ1) is 13.6. The van der Waals surface area contributed by atoms with Crippen LogP contribution in [0.5, 0.6) is 0 Å². The Morgan fingerprint density at radius 1 is 1.21 bits per heavy atom. The molecule has 0 aliphatic carbocycles. The number of nitro groups is 1. The Labute approximate surface area is 162 Å². The number of hydrogen-bond acceptors (Lipinski definition) is 8. The molecule has 0 unspecified atom stereocenters. The van der Waals surface area contributed by atoms with Crippen LogP contribution < -0.4 is 15.1 Å². The summed E-state index contributed by atoms with van der Waals surface area (Å²) in [5.74, 6) is 0.205. The maximum absolute atomic E-state index is 14.0. The van der Waals surface area contributed by atoms with Crippen LogP contribution in [0.3, 0.4) is 0 Å². The number of anilines is 3. The topological polar surface area (TPSA) is 96.7 Å². The lowest BCUT2D eigenvalue weighted by atomic mass is 10.2. The van der Waals surface area contributed by atoms with Crippen molar-refractivity contribution in [2.75, 3.05) is 61.6 Å². The molecule has 0 atom stereocenters. The van der Waals surface area contributed by atoms with E-state index in [1.54, 1.807) is 25.3 Å². The molecule has 28 heavy (non-hydrogen) atoms. The number of methoxy groups -OCH3 is 1. The zero-order chi connectivity index (χ0) is 19.9. The normalized spacial score (nSPS) is 14.2. The predicted molar refractivity (Wildman–Crippen MR) is 104 cm³/mol. The monoisotopic (exact) mass is 390 g/mol. The Morgan fingerprint density at radius 3 is 2.61 bits per heavy atom. The van der Waals surface area contributed by atoms with Gasteiger partial charge in [-0.15, -0.1) is 0 Å². The molecule has 150 valence electrons. The molecule has 9 nitrogen and oxygen atoms in total. The van der Waals surface area contributed by atoms with Crippen LogP contribution in [0.2, 0.25) is 0 Å². The van der Waals surface area contributed by atoms with E-state index in [9.17, 15) is 14.5 Å². The molecule has 0 amide bonds. The molecule has 10 heteroatoms. The maximum atomic E-state index is 14.0. The third-order valence-corrected chi connectivity index (χ3v) is 4.58. The third-order valence-electron chi connectivity index (χ3n) is 4.58. The smallest absolute Gasteiger partial charge is 0.353 e. The highest BCUT2D eigenvalue weighted by molar-refractivity contribution is 5.70. The van der Waals surface area contributed by atoms with Gasteiger partial charge in [0.05, 0.1) is 10.6 Å². The van der Waals surface area contributed by atoms with E-state index in [1.807, 2.05) is 9.80 Å². The van der Waals surface area contributed by atoms with Gasteiger partial charge in [-0.2, -0.15) is 0 Å². The summed E-state index contributed by atoms with van der Waals surface area (Å²) in [6.45, 7) is 3.13. The van der Waals surface area contributed by atoms with Gasteiger partial charge in [-0.3, -0.25) is 10.1 Å². The van der Waals surface area contributed by atoms with Gasteiger partial charge >= 0.3 is 5.69 Å². The van der Waals surface area contributed by atoms with Crippen molar-refractivity contribution in [2.24, 2.45) is 0 Å². The number of aromatic nitrogens is 2. The molecule has 1 aliphatic rings. The van der Waals surface area contributed by atoms with Crippen molar-refractivity contribution in [3.05, 3.63) is 46.5 Å². The number of benzene rings is 1. The van der Waals surface area contributed by atoms with Crippen LogP contribution in [0, 0.1) is 15.9 Å². The largest absolute Gasteiger partial charge is 0.385 e. The Hall–Kier alpha value is -3.01. The molecule has 0 spiro atoms. The van der Waals surface area contributed by atoms with Crippen LogP contribution in [0.25, 0.3) is 0 Å². The van der Waals surface area contributed by atoms with Crippen LogP contribution in [0.15, 0.2) is 30.6 Å². The molecule has 2 aromatic rings. The lowest BCUT2D eigenvalue weighted by Gasteiger charge is -2.36. The Morgan fingerprint density at radius 2 is 1.93 bits per heavy atom. The standard InChI is InChI=1S/C18H23FN6O3/c1-28-12-4-7-20-17-16(25(26)27)18(22-13-21-17)24-10-8-23(9-11-24)15-6-3-2-5-14(15)19/h2-3,5-6,13H,4,7-12H2,1H3,(H,20,21,22). The van der Waals surface area contributed by atoms with Gasteiger partial charge in [0.1, 0.15) is 12.1 Å². The highest BCUT2D eigenvalue weighted by Crippen LogP contribution is 2.32. The van der Waals surface area contributed by atoms with Crippen molar-refractivity contribution in [1.82, 2.24) is 9.97 Å². The summed E-state index contributed by atoms with van der Waals surface area (Å²) in [6.07, 6.45) is 2.03. The third kappa shape index (κ3) is 4.45. The summed E-state index contributed by atoms with van der Waals surface area (Å²) in [4.78, 5) is 23.2. The van der Waals surface area contributed by atoms with Crippen molar-refractivity contribution in [2.45, 2.75) is 6.42 Å². The molecule has 2 heterocycles. The van der Waals surface area contributed by atoms with Gasteiger partial charge in [0.15, 0.2) is 0 Å². The Balaban J connectivity index is 1.73. The van der Waals surface area contributed by atoms with E-state index in [0.29, 0.717) is 51.4 Å². The minimum Gasteiger partial charge on any atom is -0.385 e. The average molecular weight is 390 g/mol. The zero-order valence-electron chi connectivity index (χ0n) is 15.7. The summed E-state index contributed by atoms with van der Waals surface area (Å²) in [5, 5.41) is 14.7. The molecule has 1 aromatic heterocycles. The molecular formula is C18H23FN6O3. The predicted octanol–water partition coefficient (Wildman–Crippen LogP) is 2.30. The van der Waals surface area contributed by atoms with E-state index < -0.39 is 4.92 Å². The molecule has 1 saturated heterocycles. The number of nitrogens with zero attached hydrogens (tertiary/aromatic N) is 5. The van der Waals surface area contributed by atoms with Gasteiger partial charge in [0.2, 0.25) is 11.6 Å². The van der Waals surface area contributed by atoms with Crippen LogP contribution in [0.1, 0.15) is 6.42 Å². The SMILES string of the molecule is COCCCNc1ncnc(N2CCN(c3ccccc3F)CC2)c1[N+](=O)[O-]. The molecule has 1 aliphatic heterocycles. The summed E-state index contributed by atoms with van der Waals surface area (Å²) in [6, 6.07) is 6.61. The van der Waals surface area contributed by atoms with Crippen LogP contribution in [0.4, 0.5) is 27.4 Å². The molecule has 0 bridgehead atoms. The molecule has 1 aromatic carbocycles. The van der Waals surface area contributed by atoms with Gasteiger partial charge in [0, 0.05) is 46.4 Å². The average Bonchev–Trinajstić information content (AvgIpc) is 2.71. The van der Waals surface area contributed by atoms with E-state index in [0.717, 1.165) is 0 Å². The number of hydrogen-bond donors (Lipinski definition) is 1. The minimum absolute atomic E-state index is 0.140. The van der Waals surface area contributed by atoms with Crippen molar-refractivity contribution >= 4 is 23.0 Å². The fourth-order valence-electron chi connectivity index (χ4n) is 3.19. The number of halogens is 1. The van der Waals surface area contributed by atoms with E-state index in [-0.39, 0.29) is 23.1 Å². The molecule has 1 fully saturated rings. The minimum atomic E-state index is -0.461. The number of para-hydroxylation sites is 1. The Bertz CT molecular complexity index is 814. The molecule has 3 rings (SSSR count). The highest BCUT2D eigenvalue weighted by atomic mass is 19.1. The van der Waals surface area contributed by atoms with Gasteiger partial charge in [-0.25, -0.2) is 14.4 Å². The van der Waals surface area contributed by atoms with Gasteiger partial charge in [-0.05, 0) is 18.6 Å². The van der Waals surface area contributed by atoms with Crippen molar-refractivity contribution in [1.29, 1.82) is 0 Å². The van der Waals surface area contributed by atoms with E-state index in [4.69, 9.17) is 4.74 Å². The fourth-order valence-corrected chi connectivity index (χ4v) is 3.19. The first kappa shape index (κ1) is 19.7. The molecular weight excluding hydrogens is 367 g/mol. The van der Waals surface area contributed by atoms with Crippen LogP contribution in [-0.2, 0) is 4.74 Å². The molecule has 0 saturated carbocycles. The lowest BCUT2D eigenvalue weighted by molar-refractivity contribution is -0.383. The van der Waals surface area contributed by atoms with E-state index >= 15 is 0 Å². The number of ether oxygens (including phenoxy) is 1. The summed E-state index contributed by atoms with van der Waals surface area (Å²) in [7, 11) is 1.60. The zero-order valence-corrected chi connectivity index (χ0v) is 15.7. The fraction of sp³-hybridized carbons (Fsp3) is 0.444. The number of nitrogens with one attached hydrogen (secondary N) is 1. The van der Waals surface area contributed by atoms with Crippen molar-refractivity contribution < 1.29 is 14.1 Å². The van der Waals surface area contributed by atoms with Crippen LogP contribution in [-0.4, -0.2) is 61.3 Å². The molecule has 0 radical (unpaired) electrons. The van der Waals surface area contributed by atoms with Gasteiger partial charge in [-0.1, -0.05) is 12.1 Å². The second kappa shape index (κ2) is 9.27. The summed E-state index contributed by atoms with van der Waals surface area (Å²) in [5.41, 5.74) is 0.402. The van der Waals surface area contributed by atoms with Crippen molar-refractivity contribution in [3.8, 4) is 0 Å².